The maximum Gasteiger partial charge on any atom is 0.338 e. The molecule has 0 saturated carbocycles. The van der Waals surface area contributed by atoms with Crippen molar-refractivity contribution < 1.29 is 17.9 Å². The van der Waals surface area contributed by atoms with Crippen LogP contribution in [0.4, 0.5) is 0 Å². The average Bonchev–Trinajstić information content (AvgIpc) is 2.59. The summed E-state index contributed by atoms with van der Waals surface area (Å²) < 4.78 is 31.9. The van der Waals surface area contributed by atoms with Crippen molar-refractivity contribution in [3.05, 3.63) is 59.7 Å². The van der Waals surface area contributed by atoms with Gasteiger partial charge in [0.2, 0.25) is 10.0 Å². The second-order valence-corrected chi connectivity index (χ2v) is 8.32. The fourth-order valence-corrected chi connectivity index (χ4v) is 3.76. The normalized spacial score (nSPS) is 11.5. The summed E-state index contributed by atoms with van der Waals surface area (Å²) in [6, 6.07) is 13.3. The third kappa shape index (κ3) is 5.59. The fourth-order valence-electron chi connectivity index (χ4n) is 2.10. The minimum Gasteiger partial charge on any atom is -0.457 e. The van der Waals surface area contributed by atoms with Crippen LogP contribution in [0.2, 0.25) is 0 Å². The van der Waals surface area contributed by atoms with E-state index in [-0.39, 0.29) is 17.5 Å². The monoisotopic (exact) mass is 379 g/mol. The highest BCUT2D eigenvalue weighted by Gasteiger charge is 2.16. The number of sulfonamides is 1. The van der Waals surface area contributed by atoms with Gasteiger partial charge in [-0.25, -0.2) is 17.9 Å². The Labute approximate surface area is 152 Å². The quantitative estimate of drug-likeness (QED) is 0.589. The first-order chi connectivity index (χ1) is 11.8. The molecule has 0 spiro atoms. The number of carbonyl (C=O) groups is 1. The summed E-state index contributed by atoms with van der Waals surface area (Å²) in [5, 5.41) is 0. The van der Waals surface area contributed by atoms with Crippen LogP contribution in [0.5, 0.6) is 0 Å². The van der Waals surface area contributed by atoms with E-state index in [1.807, 2.05) is 30.5 Å². The molecular weight excluding hydrogens is 358 g/mol. The largest absolute Gasteiger partial charge is 0.457 e. The minimum atomic E-state index is -3.57. The summed E-state index contributed by atoms with van der Waals surface area (Å²) in [7, 11) is -3.57. The van der Waals surface area contributed by atoms with Crippen molar-refractivity contribution in [2.75, 3.05) is 6.26 Å². The number of ether oxygens (including phenoxy) is 1. The van der Waals surface area contributed by atoms with Crippen LogP contribution in [-0.4, -0.2) is 26.7 Å². The van der Waals surface area contributed by atoms with Crippen LogP contribution in [0.1, 0.15) is 29.8 Å². The lowest BCUT2D eigenvalue weighted by atomic mass is 10.2. The Balaban J connectivity index is 2.00. The Morgan fingerprint density at radius 1 is 1.08 bits per heavy atom. The third-order valence-electron chi connectivity index (χ3n) is 3.32. The van der Waals surface area contributed by atoms with E-state index in [1.54, 1.807) is 25.6 Å². The molecule has 0 aromatic heterocycles. The van der Waals surface area contributed by atoms with E-state index < -0.39 is 16.0 Å². The first-order valence-electron chi connectivity index (χ1n) is 7.74. The standard InChI is InChI=1S/C18H21NO4S2/c1-13(2)19-25(21,22)17-10-6-15(7-11-17)18(20)23-12-14-4-8-16(24-3)9-5-14/h4-11,13,19H,12H2,1-3H3. The number of hydrogen-bond acceptors (Lipinski definition) is 5. The lowest BCUT2D eigenvalue weighted by molar-refractivity contribution is 0.0472. The predicted octanol–water partition coefficient (Wildman–Crippen LogP) is 3.45. The van der Waals surface area contributed by atoms with Crippen molar-refractivity contribution in [2.45, 2.75) is 36.3 Å². The average molecular weight is 380 g/mol. The summed E-state index contributed by atoms with van der Waals surface area (Å²) in [5.41, 5.74) is 1.20. The maximum atomic E-state index is 12.1. The number of hydrogen-bond donors (Lipinski definition) is 1. The second kappa shape index (κ2) is 8.51. The van der Waals surface area contributed by atoms with Gasteiger partial charge in [0.05, 0.1) is 10.5 Å². The molecule has 5 nitrogen and oxygen atoms in total. The minimum absolute atomic E-state index is 0.116. The van der Waals surface area contributed by atoms with Crippen LogP contribution in [-0.2, 0) is 21.4 Å². The highest BCUT2D eigenvalue weighted by molar-refractivity contribution is 7.98. The molecule has 0 atom stereocenters. The summed E-state index contributed by atoms with van der Waals surface area (Å²) in [6.45, 7) is 3.66. The first-order valence-corrected chi connectivity index (χ1v) is 10.4. The smallest absolute Gasteiger partial charge is 0.338 e. The van der Waals surface area contributed by atoms with Gasteiger partial charge in [0, 0.05) is 10.9 Å². The van der Waals surface area contributed by atoms with Crippen LogP contribution in [0.15, 0.2) is 58.3 Å². The van der Waals surface area contributed by atoms with Gasteiger partial charge in [-0.3, -0.25) is 0 Å². The molecule has 134 valence electrons. The zero-order chi connectivity index (χ0) is 18.4. The van der Waals surface area contributed by atoms with Crippen molar-refractivity contribution >= 4 is 27.8 Å². The van der Waals surface area contributed by atoms with E-state index in [4.69, 9.17) is 4.74 Å². The van der Waals surface area contributed by atoms with Gasteiger partial charge in [-0.05, 0) is 62.1 Å². The van der Waals surface area contributed by atoms with Crippen molar-refractivity contribution in [3.8, 4) is 0 Å². The molecular formula is C18H21NO4S2. The van der Waals surface area contributed by atoms with Gasteiger partial charge in [-0.2, -0.15) is 0 Å². The molecule has 7 heteroatoms. The number of carbonyl (C=O) groups excluding carboxylic acids is 1. The zero-order valence-electron chi connectivity index (χ0n) is 14.4. The second-order valence-electron chi connectivity index (χ2n) is 5.72. The summed E-state index contributed by atoms with van der Waals surface area (Å²) >= 11 is 1.64. The molecule has 0 radical (unpaired) electrons. The Hall–Kier alpha value is -1.83. The van der Waals surface area contributed by atoms with Gasteiger partial charge in [-0.1, -0.05) is 12.1 Å². The van der Waals surface area contributed by atoms with Crippen LogP contribution < -0.4 is 4.72 Å². The number of benzene rings is 2. The molecule has 0 fully saturated rings. The predicted molar refractivity (Wildman–Crippen MR) is 99.2 cm³/mol. The Morgan fingerprint density at radius 2 is 1.68 bits per heavy atom. The molecule has 2 aromatic carbocycles. The number of rotatable bonds is 7. The van der Waals surface area contributed by atoms with Crippen molar-refractivity contribution in [2.24, 2.45) is 0 Å². The van der Waals surface area contributed by atoms with Gasteiger partial charge in [0.25, 0.3) is 0 Å². The maximum absolute atomic E-state index is 12.1. The van der Waals surface area contributed by atoms with E-state index in [0.29, 0.717) is 5.56 Å². The molecule has 0 aliphatic heterocycles. The van der Waals surface area contributed by atoms with Crippen LogP contribution in [0, 0.1) is 0 Å². The molecule has 1 N–H and O–H groups in total. The fraction of sp³-hybridized carbons (Fsp3) is 0.278. The number of esters is 1. The van der Waals surface area contributed by atoms with E-state index in [0.717, 1.165) is 10.5 Å². The highest BCUT2D eigenvalue weighted by atomic mass is 32.2. The van der Waals surface area contributed by atoms with Crippen molar-refractivity contribution in [1.29, 1.82) is 0 Å². The van der Waals surface area contributed by atoms with Gasteiger partial charge in [0.1, 0.15) is 6.61 Å². The van der Waals surface area contributed by atoms with Crippen molar-refractivity contribution in [1.82, 2.24) is 4.72 Å². The lowest BCUT2D eigenvalue weighted by Crippen LogP contribution is -2.30. The topological polar surface area (TPSA) is 72.5 Å². The number of thioether (sulfide) groups is 1. The Kier molecular flexibility index (Phi) is 6.64. The first kappa shape index (κ1) is 19.5. The highest BCUT2D eigenvalue weighted by Crippen LogP contribution is 2.16. The molecule has 0 amide bonds. The Morgan fingerprint density at radius 3 is 2.20 bits per heavy atom. The van der Waals surface area contributed by atoms with Gasteiger partial charge in [-0.15, -0.1) is 11.8 Å². The molecule has 0 heterocycles. The number of nitrogens with one attached hydrogen (secondary N) is 1. The van der Waals surface area contributed by atoms with Crippen LogP contribution in [0.25, 0.3) is 0 Å². The van der Waals surface area contributed by atoms with E-state index in [1.165, 1.54) is 24.3 Å². The molecule has 0 aliphatic rings. The summed E-state index contributed by atoms with van der Waals surface area (Å²) in [4.78, 5) is 13.3. The lowest BCUT2D eigenvalue weighted by Gasteiger charge is -2.10. The SMILES string of the molecule is CSc1ccc(COC(=O)c2ccc(S(=O)(=O)NC(C)C)cc2)cc1. The van der Waals surface area contributed by atoms with Gasteiger partial charge in [0.15, 0.2) is 0 Å². The third-order valence-corrected chi connectivity index (χ3v) is 5.74. The molecule has 0 bridgehead atoms. The van der Waals surface area contributed by atoms with E-state index in [2.05, 4.69) is 4.72 Å². The molecule has 0 unspecified atom stereocenters. The van der Waals surface area contributed by atoms with E-state index >= 15 is 0 Å². The van der Waals surface area contributed by atoms with Gasteiger partial charge < -0.3 is 4.74 Å². The van der Waals surface area contributed by atoms with Crippen LogP contribution in [0.3, 0.4) is 0 Å². The van der Waals surface area contributed by atoms with Crippen molar-refractivity contribution in [3.63, 3.8) is 0 Å². The molecule has 2 aromatic rings. The Bertz CT molecular complexity index is 813. The molecule has 2 rings (SSSR count). The molecule has 25 heavy (non-hydrogen) atoms. The summed E-state index contributed by atoms with van der Waals surface area (Å²) in [6.07, 6.45) is 2.00. The summed E-state index contributed by atoms with van der Waals surface area (Å²) in [5.74, 6) is -0.491. The van der Waals surface area contributed by atoms with Crippen LogP contribution >= 0.6 is 11.8 Å². The van der Waals surface area contributed by atoms with Gasteiger partial charge >= 0.3 is 5.97 Å². The zero-order valence-corrected chi connectivity index (χ0v) is 16.0. The van der Waals surface area contributed by atoms with E-state index in [9.17, 15) is 13.2 Å². The molecule has 0 aliphatic carbocycles. The molecule has 0 saturated heterocycles.